The van der Waals surface area contributed by atoms with Crippen LogP contribution in [-0.2, 0) is 44.7 Å². The Morgan fingerprint density at radius 1 is 0.817 bits per heavy atom. The molecule has 15 heteroatoms. The Morgan fingerprint density at radius 3 is 1.88 bits per heavy atom. The summed E-state index contributed by atoms with van der Waals surface area (Å²) >= 11 is 0. The fourth-order valence-electron chi connectivity index (χ4n) is 8.66. The van der Waals surface area contributed by atoms with Gasteiger partial charge in [0, 0.05) is 41.3 Å². The van der Waals surface area contributed by atoms with E-state index in [1.807, 2.05) is 73.6 Å². The first-order chi connectivity index (χ1) is 28.2. The molecule has 0 aliphatic carbocycles. The summed E-state index contributed by atoms with van der Waals surface area (Å²) in [7, 11) is 8.01. The smallest absolute Gasteiger partial charge is 0.326 e. The molecule has 0 saturated carbocycles. The van der Waals surface area contributed by atoms with Gasteiger partial charge < -0.3 is 45.2 Å². The quantitative estimate of drug-likeness (QED) is 0.120. The van der Waals surface area contributed by atoms with E-state index >= 15 is 0 Å². The van der Waals surface area contributed by atoms with Gasteiger partial charge in [-0.05, 0) is 49.1 Å². The first-order valence-electron chi connectivity index (χ1n) is 21.6. The number of nitrogens with zero attached hydrogens (tertiary/aromatic N) is 3. The molecule has 2 rings (SSSR count). The predicted molar refractivity (Wildman–Crippen MR) is 232 cm³/mol. The minimum Gasteiger partial charge on any atom is -0.480 e. The highest BCUT2D eigenvalue weighted by molar-refractivity contribution is 5.93. The molecule has 0 radical (unpaired) electrons. The lowest BCUT2D eigenvalue weighted by Crippen LogP contribution is -2.61. The maximum Gasteiger partial charge on any atom is 0.326 e. The van der Waals surface area contributed by atoms with E-state index in [1.165, 1.54) is 19.1 Å². The van der Waals surface area contributed by atoms with Gasteiger partial charge >= 0.3 is 5.97 Å². The summed E-state index contributed by atoms with van der Waals surface area (Å²) < 4.78 is 11.9. The second-order valence-electron chi connectivity index (χ2n) is 17.6. The number of amides is 5. The minimum atomic E-state index is -1.15. The number of aliphatic carboxylic acids is 1. The number of nitrogens with one attached hydrogen (secondary N) is 3. The molecular formula is C45H76N6O9. The van der Waals surface area contributed by atoms with Crippen LogP contribution in [-0.4, -0.2) is 146 Å². The van der Waals surface area contributed by atoms with Crippen molar-refractivity contribution in [2.75, 3.05) is 41.9 Å². The highest BCUT2D eigenvalue weighted by Gasteiger charge is 2.44. The van der Waals surface area contributed by atoms with E-state index in [4.69, 9.17) is 9.47 Å². The van der Waals surface area contributed by atoms with Crippen molar-refractivity contribution in [3.05, 3.63) is 35.9 Å². The third-order valence-corrected chi connectivity index (χ3v) is 12.3. The zero-order valence-electron chi connectivity index (χ0n) is 38.7. The van der Waals surface area contributed by atoms with Crippen molar-refractivity contribution in [3.63, 3.8) is 0 Å². The van der Waals surface area contributed by atoms with E-state index < -0.39 is 72.2 Å². The van der Waals surface area contributed by atoms with Gasteiger partial charge in [-0.1, -0.05) is 99.1 Å². The number of benzene rings is 1. The van der Waals surface area contributed by atoms with Crippen LogP contribution in [0.3, 0.4) is 0 Å². The van der Waals surface area contributed by atoms with Crippen LogP contribution in [0.25, 0.3) is 0 Å². The van der Waals surface area contributed by atoms with Crippen LogP contribution >= 0.6 is 0 Å². The summed E-state index contributed by atoms with van der Waals surface area (Å²) in [5.41, 5.74) is 0.773. The van der Waals surface area contributed by atoms with Crippen molar-refractivity contribution in [2.24, 2.45) is 29.6 Å². The molecule has 60 heavy (non-hydrogen) atoms. The first-order valence-corrected chi connectivity index (χ1v) is 21.6. The zero-order valence-corrected chi connectivity index (χ0v) is 38.7. The number of carboxylic acid groups (broad SMARTS) is 1. The standard InChI is InChI=1S/C45H76N6O9/c1-15-29(8)39(50(12)44(56)37(27(4)5)48-42(54)38(28(6)7)49(11)43(55)36(46-10)26(2)3)34(59-13)25-35(52)51-23-19-22-33(51)40(60-14)30(9)41(53)47-32(45(57)58)24-31-20-17-16-18-21-31/h16-18,20-21,26-30,32-34,36-40,46H,15,19,22-25H2,1-14H3,(H,47,53)(H,48,54)(H,57,58). The first kappa shape index (κ1) is 52.1. The highest BCUT2D eigenvalue weighted by Crippen LogP contribution is 2.30. The molecule has 1 aliphatic heterocycles. The van der Waals surface area contributed by atoms with Gasteiger partial charge in [0.05, 0.1) is 42.7 Å². The third kappa shape index (κ3) is 13.5. The Balaban J connectivity index is 2.32. The Bertz CT molecular complexity index is 1560. The third-order valence-electron chi connectivity index (χ3n) is 12.3. The van der Waals surface area contributed by atoms with Gasteiger partial charge in [0.1, 0.15) is 18.1 Å². The number of methoxy groups -OCH3 is 2. The number of hydrogen-bond donors (Lipinski definition) is 4. The van der Waals surface area contributed by atoms with Gasteiger partial charge in [0.15, 0.2) is 0 Å². The predicted octanol–water partition coefficient (Wildman–Crippen LogP) is 3.59. The molecular weight excluding hydrogens is 769 g/mol. The number of hydrogen-bond acceptors (Lipinski definition) is 9. The summed E-state index contributed by atoms with van der Waals surface area (Å²) in [6.07, 6.45) is 0.562. The molecule has 4 N–H and O–H groups in total. The van der Waals surface area contributed by atoms with E-state index in [2.05, 4.69) is 16.0 Å². The Kier molecular flexibility index (Phi) is 21.2. The van der Waals surface area contributed by atoms with Gasteiger partial charge in [0.2, 0.25) is 29.5 Å². The maximum absolute atomic E-state index is 14.5. The summed E-state index contributed by atoms with van der Waals surface area (Å²) in [5, 5.41) is 18.6. The molecule has 1 fully saturated rings. The van der Waals surface area contributed by atoms with Crippen LogP contribution in [0.4, 0.5) is 0 Å². The van der Waals surface area contributed by atoms with Crippen molar-refractivity contribution < 1.29 is 43.3 Å². The number of likely N-dealkylation sites (N-methyl/N-ethyl adjacent to an activating group) is 3. The lowest BCUT2D eigenvalue weighted by atomic mass is 9.89. The van der Waals surface area contributed by atoms with Gasteiger partial charge in [-0.15, -0.1) is 0 Å². The molecule has 1 aromatic rings. The molecule has 340 valence electrons. The lowest BCUT2D eigenvalue weighted by Gasteiger charge is -2.41. The van der Waals surface area contributed by atoms with Gasteiger partial charge in [-0.2, -0.15) is 0 Å². The van der Waals surface area contributed by atoms with Crippen LogP contribution in [0.1, 0.15) is 93.6 Å². The largest absolute Gasteiger partial charge is 0.480 e. The number of rotatable bonds is 24. The van der Waals surface area contributed by atoms with Crippen LogP contribution in [0.5, 0.6) is 0 Å². The molecule has 0 spiro atoms. The van der Waals surface area contributed by atoms with Crippen LogP contribution in [0.2, 0.25) is 0 Å². The fourth-order valence-corrected chi connectivity index (χ4v) is 8.66. The topological polar surface area (TPSA) is 187 Å². The SMILES string of the molecule is CCC(C)C(C(CC(=O)N1CCCC1C(OC)C(C)C(=O)NC(Cc1ccccc1)C(=O)O)OC)N(C)C(=O)C(NC(=O)C(C(C)C)N(C)C(=O)C(NC)C(C)C)C(C)C. The number of carbonyl (C=O) groups is 6. The molecule has 10 unspecified atom stereocenters. The Hall–Kier alpha value is -4.08. The van der Waals surface area contributed by atoms with E-state index in [1.54, 1.807) is 50.0 Å². The monoisotopic (exact) mass is 845 g/mol. The zero-order chi connectivity index (χ0) is 45.6. The van der Waals surface area contributed by atoms with Crippen LogP contribution < -0.4 is 16.0 Å². The van der Waals surface area contributed by atoms with Crippen LogP contribution in [0, 0.1) is 29.6 Å². The normalized spacial score (nSPS) is 18.8. The molecule has 1 aliphatic rings. The molecule has 1 saturated heterocycles. The molecule has 0 aromatic heterocycles. The van der Waals surface area contributed by atoms with Gasteiger partial charge in [-0.3, -0.25) is 24.0 Å². The van der Waals surface area contributed by atoms with Gasteiger partial charge in [0.25, 0.3) is 0 Å². The molecule has 1 heterocycles. The van der Waals surface area contributed by atoms with E-state index in [0.717, 1.165) is 5.56 Å². The average molecular weight is 845 g/mol. The Labute approximate surface area is 359 Å². The van der Waals surface area contributed by atoms with E-state index in [0.29, 0.717) is 25.8 Å². The summed E-state index contributed by atoms with van der Waals surface area (Å²) in [4.78, 5) is 86.8. The van der Waals surface area contributed by atoms with Crippen molar-refractivity contribution in [1.29, 1.82) is 0 Å². The highest BCUT2D eigenvalue weighted by atomic mass is 16.5. The van der Waals surface area contributed by atoms with E-state index in [9.17, 15) is 33.9 Å². The minimum absolute atomic E-state index is 0.00526. The van der Waals surface area contributed by atoms with Crippen molar-refractivity contribution in [3.8, 4) is 0 Å². The van der Waals surface area contributed by atoms with Crippen molar-refractivity contribution in [1.82, 2.24) is 30.7 Å². The van der Waals surface area contributed by atoms with Crippen LogP contribution in [0.15, 0.2) is 30.3 Å². The van der Waals surface area contributed by atoms with Crippen molar-refractivity contribution in [2.45, 2.75) is 143 Å². The fraction of sp³-hybridized carbons (Fsp3) is 0.733. The number of carboxylic acids is 1. The summed E-state index contributed by atoms with van der Waals surface area (Å²) in [6, 6.07) is 4.68. The molecule has 10 atom stereocenters. The Morgan fingerprint density at radius 2 is 1.40 bits per heavy atom. The second kappa shape index (κ2) is 24.4. The molecule has 5 amide bonds. The van der Waals surface area contributed by atoms with Crippen molar-refractivity contribution >= 4 is 35.5 Å². The van der Waals surface area contributed by atoms with Gasteiger partial charge in [-0.25, -0.2) is 4.79 Å². The number of likely N-dealkylation sites (tertiary alicyclic amines) is 1. The number of ether oxygens (including phenoxy) is 2. The lowest BCUT2D eigenvalue weighted by molar-refractivity contribution is -0.149. The average Bonchev–Trinajstić information content (AvgIpc) is 3.69. The molecule has 1 aromatic carbocycles. The maximum atomic E-state index is 14.5. The van der Waals surface area contributed by atoms with E-state index in [-0.39, 0.29) is 54.2 Å². The molecule has 0 bridgehead atoms. The summed E-state index contributed by atoms with van der Waals surface area (Å²) in [6.45, 7) is 17.4. The summed E-state index contributed by atoms with van der Waals surface area (Å²) in [5.74, 6) is -4.28. The number of carbonyl (C=O) groups excluding carboxylic acids is 5. The second-order valence-corrected chi connectivity index (χ2v) is 17.6. The molecule has 15 nitrogen and oxygen atoms in total.